The molecule has 3 nitrogen and oxygen atoms in total. The average Bonchev–Trinajstić information content (AvgIpc) is 2.62. The molecule has 1 atom stereocenters. The summed E-state index contributed by atoms with van der Waals surface area (Å²) in [6, 6.07) is 20.3. The number of thioether (sulfide) groups is 1. The minimum absolute atomic E-state index is 0.232. The topological polar surface area (TPSA) is 29.5 Å². The Balaban J connectivity index is 1.60. The summed E-state index contributed by atoms with van der Waals surface area (Å²) in [5.41, 5.74) is 2.68. The van der Waals surface area contributed by atoms with Gasteiger partial charge in [-0.1, -0.05) is 60.7 Å². The van der Waals surface area contributed by atoms with Crippen LogP contribution in [0.4, 0.5) is 0 Å². The number of hydrogen-bond acceptors (Lipinski definition) is 4. The minimum atomic E-state index is -0.382. The number of nitrogens with zero attached hydrogens (tertiary/aromatic N) is 1. The molecule has 122 valence electrons. The van der Waals surface area contributed by atoms with Gasteiger partial charge in [-0.3, -0.25) is 0 Å². The van der Waals surface area contributed by atoms with Crippen molar-refractivity contribution in [2.24, 2.45) is 0 Å². The summed E-state index contributed by atoms with van der Waals surface area (Å²) < 4.78 is 5.95. The molecule has 2 aromatic rings. The number of benzene rings is 2. The zero-order valence-corrected chi connectivity index (χ0v) is 14.1. The first-order valence-corrected chi connectivity index (χ1v) is 9.27. The zero-order chi connectivity index (χ0) is 16.4. The molecule has 0 bridgehead atoms. The Hall–Kier alpha value is -2.20. The van der Waals surface area contributed by atoms with E-state index in [2.05, 4.69) is 4.90 Å². The van der Waals surface area contributed by atoms with Crippen molar-refractivity contribution in [2.75, 3.05) is 12.3 Å². The van der Waals surface area contributed by atoms with Crippen molar-refractivity contribution < 1.29 is 9.53 Å². The Bertz CT molecular complexity index is 705. The molecule has 2 aromatic carbocycles. The fraction of sp³-hybridized carbons (Fsp3) is 0.250. The third-order valence-electron chi connectivity index (χ3n) is 4.58. The highest BCUT2D eigenvalue weighted by molar-refractivity contribution is 8.02. The van der Waals surface area contributed by atoms with Crippen molar-refractivity contribution in [1.29, 1.82) is 0 Å². The number of hydrogen-bond donors (Lipinski definition) is 0. The molecule has 0 spiro atoms. The summed E-state index contributed by atoms with van der Waals surface area (Å²) in [6.45, 7) is 0.952. The predicted molar refractivity (Wildman–Crippen MR) is 96.5 cm³/mol. The molecule has 1 fully saturated rings. The SMILES string of the molecule is O=C(OC(c1ccccc1)c1ccccc1)C1=CSCC2CCN12. The van der Waals surface area contributed by atoms with Crippen molar-refractivity contribution >= 4 is 17.7 Å². The summed E-state index contributed by atoms with van der Waals surface area (Å²) in [5.74, 6) is 0.835. The number of esters is 1. The number of rotatable bonds is 4. The van der Waals surface area contributed by atoms with E-state index in [1.807, 2.05) is 66.1 Å². The Morgan fingerprint density at radius 1 is 1.04 bits per heavy atom. The van der Waals surface area contributed by atoms with E-state index in [-0.39, 0.29) is 12.1 Å². The van der Waals surface area contributed by atoms with Crippen LogP contribution in [0.3, 0.4) is 0 Å². The molecule has 0 amide bonds. The minimum Gasteiger partial charge on any atom is -0.448 e. The van der Waals surface area contributed by atoms with Crippen LogP contribution in [0.1, 0.15) is 23.7 Å². The van der Waals surface area contributed by atoms with Crippen LogP contribution >= 0.6 is 11.8 Å². The number of carbonyl (C=O) groups excluding carboxylic acids is 1. The molecule has 0 aromatic heterocycles. The van der Waals surface area contributed by atoms with Gasteiger partial charge in [0.15, 0.2) is 6.10 Å². The smallest absolute Gasteiger partial charge is 0.356 e. The number of carbonyl (C=O) groups is 1. The van der Waals surface area contributed by atoms with E-state index >= 15 is 0 Å². The Kier molecular flexibility index (Phi) is 4.30. The summed E-state index contributed by atoms with van der Waals surface area (Å²) in [5, 5.41) is 1.95. The lowest BCUT2D eigenvalue weighted by Crippen LogP contribution is -2.51. The molecular weight excluding hydrogens is 318 g/mol. The highest BCUT2D eigenvalue weighted by atomic mass is 32.2. The Morgan fingerprint density at radius 2 is 1.67 bits per heavy atom. The molecule has 2 aliphatic heterocycles. The maximum Gasteiger partial charge on any atom is 0.356 e. The maximum absolute atomic E-state index is 12.8. The predicted octanol–water partition coefficient (Wildman–Crippen LogP) is 3.98. The zero-order valence-electron chi connectivity index (χ0n) is 13.3. The molecule has 2 heterocycles. The van der Waals surface area contributed by atoms with E-state index in [1.54, 1.807) is 11.8 Å². The van der Waals surface area contributed by atoms with Gasteiger partial charge in [-0.25, -0.2) is 4.79 Å². The van der Waals surface area contributed by atoms with Crippen LogP contribution in [0.25, 0.3) is 0 Å². The molecule has 1 unspecified atom stereocenters. The van der Waals surface area contributed by atoms with Crippen LogP contribution in [-0.4, -0.2) is 29.2 Å². The van der Waals surface area contributed by atoms with Crippen LogP contribution in [0.15, 0.2) is 71.8 Å². The van der Waals surface area contributed by atoms with Gasteiger partial charge in [0.2, 0.25) is 0 Å². The first kappa shape index (κ1) is 15.3. The van der Waals surface area contributed by atoms with E-state index in [0.29, 0.717) is 11.7 Å². The van der Waals surface area contributed by atoms with Crippen LogP contribution in [0, 0.1) is 0 Å². The van der Waals surface area contributed by atoms with Gasteiger partial charge >= 0.3 is 5.97 Å². The third-order valence-corrected chi connectivity index (χ3v) is 5.54. The second-order valence-electron chi connectivity index (χ2n) is 6.08. The Morgan fingerprint density at radius 3 is 2.21 bits per heavy atom. The van der Waals surface area contributed by atoms with Crippen molar-refractivity contribution in [3.8, 4) is 0 Å². The van der Waals surface area contributed by atoms with Gasteiger partial charge in [-0.05, 0) is 17.5 Å². The van der Waals surface area contributed by atoms with Crippen LogP contribution in [0.5, 0.6) is 0 Å². The van der Waals surface area contributed by atoms with Crippen LogP contribution in [-0.2, 0) is 9.53 Å². The van der Waals surface area contributed by atoms with Crippen molar-refractivity contribution in [3.63, 3.8) is 0 Å². The first-order chi connectivity index (χ1) is 11.8. The van der Waals surface area contributed by atoms with E-state index in [1.165, 1.54) is 6.42 Å². The number of fused-ring (bicyclic) bond motifs is 1. The standard InChI is InChI=1S/C20H19NO2S/c22-20(18-14-24-13-17-11-12-21(17)18)23-19(15-7-3-1-4-8-15)16-9-5-2-6-10-16/h1-10,14,17,19H,11-13H2. The molecule has 0 radical (unpaired) electrons. The fourth-order valence-corrected chi connectivity index (χ4v) is 4.21. The molecule has 0 aliphatic carbocycles. The fourth-order valence-electron chi connectivity index (χ4n) is 3.15. The van der Waals surface area contributed by atoms with E-state index in [4.69, 9.17) is 4.74 Å². The van der Waals surface area contributed by atoms with Crippen molar-refractivity contribution in [1.82, 2.24) is 4.90 Å². The Labute approximate surface area is 146 Å². The molecule has 4 rings (SSSR count). The van der Waals surface area contributed by atoms with Gasteiger partial charge in [0.25, 0.3) is 0 Å². The summed E-state index contributed by atoms with van der Waals surface area (Å²) >= 11 is 1.71. The lowest BCUT2D eigenvalue weighted by molar-refractivity contribution is -0.145. The van der Waals surface area contributed by atoms with Crippen molar-refractivity contribution in [2.45, 2.75) is 18.6 Å². The highest BCUT2D eigenvalue weighted by Crippen LogP contribution is 2.35. The van der Waals surface area contributed by atoms with Crippen LogP contribution in [0.2, 0.25) is 0 Å². The summed E-state index contributed by atoms with van der Waals surface area (Å²) in [4.78, 5) is 15.0. The number of ether oxygens (including phenoxy) is 1. The van der Waals surface area contributed by atoms with E-state index in [0.717, 1.165) is 23.4 Å². The van der Waals surface area contributed by atoms with E-state index < -0.39 is 0 Å². The molecule has 1 saturated heterocycles. The normalized spacial score (nSPS) is 19.3. The molecule has 2 aliphatic rings. The molecule has 24 heavy (non-hydrogen) atoms. The lowest BCUT2D eigenvalue weighted by atomic mass is 10.0. The summed E-state index contributed by atoms with van der Waals surface area (Å²) in [7, 11) is 0. The van der Waals surface area contributed by atoms with Crippen molar-refractivity contribution in [3.05, 3.63) is 82.9 Å². The average molecular weight is 337 g/mol. The summed E-state index contributed by atoms with van der Waals surface area (Å²) in [6.07, 6.45) is 0.783. The quantitative estimate of drug-likeness (QED) is 0.789. The van der Waals surface area contributed by atoms with Gasteiger partial charge in [0.1, 0.15) is 5.70 Å². The van der Waals surface area contributed by atoms with Gasteiger partial charge in [0, 0.05) is 23.7 Å². The first-order valence-electron chi connectivity index (χ1n) is 8.22. The lowest BCUT2D eigenvalue weighted by Gasteiger charge is -2.45. The van der Waals surface area contributed by atoms with Gasteiger partial charge in [-0.2, -0.15) is 0 Å². The largest absolute Gasteiger partial charge is 0.448 e. The van der Waals surface area contributed by atoms with Gasteiger partial charge < -0.3 is 9.64 Å². The van der Waals surface area contributed by atoms with Crippen LogP contribution < -0.4 is 0 Å². The molecule has 0 saturated carbocycles. The molecule has 4 heteroatoms. The third kappa shape index (κ3) is 2.94. The highest BCUT2D eigenvalue weighted by Gasteiger charge is 2.36. The second-order valence-corrected chi connectivity index (χ2v) is 6.98. The monoisotopic (exact) mass is 337 g/mol. The molecular formula is C20H19NO2S. The van der Waals surface area contributed by atoms with Gasteiger partial charge in [-0.15, -0.1) is 11.8 Å². The maximum atomic E-state index is 12.8. The molecule has 0 N–H and O–H groups in total. The second kappa shape index (κ2) is 6.73. The van der Waals surface area contributed by atoms with E-state index in [9.17, 15) is 4.79 Å². The van der Waals surface area contributed by atoms with Gasteiger partial charge in [0.05, 0.1) is 0 Å².